The van der Waals surface area contributed by atoms with Crippen molar-refractivity contribution in [2.75, 3.05) is 13.3 Å². The highest BCUT2D eigenvalue weighted by molar-refractivity contribution is 4.60. The number of unbranched alkanes of at least 4 members (excludes halogenated alkanes) is 3. The fraction of sp³-hybridized carbons (Fsp3) is 1.00. The summed E-state index contributed by atoms with van der Waals surface area (Å²) in [6.07, 6.45) is 10.9. The number of hydrogen-bond donors (Lipinski definition) is 0. The molecule has 0 spiro atoms. The van der Waals surface area contributed by atoms with Crippen LogP contribution in [0.5, 0.6) is 0 Å². The number of halogens is 2. The van der Waals surface area contributed by atoms with Crippen molar-refractivity contribution < 1.29 is 8.78 Å². The predicted octanol–water partition coefficient (Wildman–Crippen LogP) is 6.10. The van der Waals surface area contributed by atoms with E-state index >= 15 is 0 Å². The Balaban J connectivity index is 3.38. The molecular weight excluding hydrogens is 230 g/mol. The average molecular weight is 262 g/mol. The zero-order valence-electron chi connectivity index (χ0n) is 12.4. The summed E-state index contributed by atoms with van der Waals surface area (Å²) in [5.74, 6) is 0.572. The van der Waals surface area contributed by atoms with Gasteiger partial charge in [-0.1, -0.05) is 52.4 Å². The molecule has 0 rings (SSSR count). The maximum Gasteiger partial charge on any atom is 0.0922 e. The Labute approximate surface area is 113 Å². The van der Waals surface area contributed by atoms with Gasteiger partial charge in [0, 0.05) is 0 Å². The fourth-order valence-corrected chi connectivity index (χ4v) is 2.63. The van der Waals surface area contributed by atoms with Gasteiger partial charge in [0.25, 0.3) is 0 Å². The van der Waals surface area contributed by atoms with Crippen LogP contribution in [0.1, 0.15) is 78.1 Å². The van der Waals surface area contributed by atoms with E-state index in [0.717, 1.165) is 51.4 Å². The molecule has 110 valence electrons. The Morgan fingerprint density at radius 1 is 0.611 bits per heavy atom. The van der Waals surface area contributed by atoms with E-state index < -0.39 is 0 Å². The molecule has 0 saturated carbocycles. The number of rotatable bonds is 13. The molecule has 0 bridgehead atoms. The van der Waals surface area contributed by atoms with Crippen LogP contribution in [0.15, 0.2) is 0 Å². The molecule has 0 nitrogen and oxygen atoms in total. The molecule has 0 aromatic rings. The molecule has 0 aliphatic rings. The van der Waals surface area contributed by atoms with Gasteiger partial charge in [0.1, 0.15) is 0 Å². The van der Waals surface area contributed by atoms with Gasteiger partial charge in [-0.3, -0.25) is 8.78 Å². The Kier molecular flexibility index (Phi) is 13.2. The zero-order valence-corrected chi connectivity index (χ0v) is 12.4. The maximum atomic E-state index is 12.6. The average Bonchev–Trinajstić information content (AvgIpc) is 2.39. The van der Waals surface area contributed by atoms with Crippen LogP contribution in [-0.4, -0.2) is 13.3 Å². The Morgan fingerprint density at radius 3 is 1.28 bits per heavy atom. The van der Waals surface area contributed by atoms with Crippen LogP contribution in [0.25, 0.3) is 0 Å². The van der Waals surface area contributed by atoms with Crippen molar-refractivity contribution >= 4 is 0 Å². The minimum absolute atomic E-state index is 0.158. The van der Waals surface area contributed by atoms with Crippen molar-refractivity contribution in [1.82, 2.24) is 0 Å². The van der Waals surface area contributed by atoms with Crippen LogP contribution in [0.2, 0.25) is 0 Å². The molecule has 0 heterocycles. The van der Waals surface area contributed by atoms with Crippen LogP contribution in [-0.2, 0) is 0 Å². The lowest BCUT2D eigenvalue weighted by Crippen LogP contribution is -2.03. The van der Waals surface area contributed by atoms with Crippen LogP contribution in [0.3, 0.4) is 0 Å². The molecule has 2 atom stereocenters. The third-order valence-corrected chi connectivity index (χ3v) is 3.81. The molecule has 0 fully saturated rings. The van der Waals surface area contributed by atoms with E-state index in [-0.39, 0.29) is 25.2 Å². The van der Waals surface area contributed by atoms with Gasteiger partial charge in [-0.25, -0.2) is 0 Å². The molecule has 2 heteroatoms. The van der Waals surface area contributed by atoms with Gasteiger partial charge in [0.05, 0.1) is 13.3 Å². The van der Waals surface area contributed by atoms with Crippen molar-refractivity contribution in [3.8, 4) is 0 Å². The van der Waals surface area contributed by atoms with E-state index in [9.17, 15) is 8.78 Å². The third kappa shape index (κ3) is 9.85. The van der Waals surface area contributed by atoms with Gasteiger partial charge in [-0.2, -0.15) is 0 Å². The summed E-state index contributed by atoms with van der Waals surface area (Å²) in [4.78, 5) is 0. The summed E-state index contributed by atoms with van der Waals surface area (Å²) in [6, 6.07) is 0. The van der Waals surface area contributed by atoms with Crippen LogP contribution in [0.4, 0.5) is 8.78 Å². The fourth-order valence-electron chi connectivity index (χ4n) is 2.63. The Morgan fingerprint density at radius 2 is 1.00 bits per heavy atom. The lowest BCUT2D eigenvalue weighted by Gasteiger charge is -2.13. The lowest BCUT2D eigenvalue weighted by molar-refractivity contribution is 0.305. The highest BCUT2D eigenvalue weighted by atomic mass is 19.1. The monoisotopic (exact) mass is 262 g/mol. The van der Waals surface area contributed by atoms with Crippen LogP contribution < -0.4 is 0 Å². The van der Waals surface area contributed by atoms with E-state index in [2.05, 4.69) is 13.8 Å². The second-order valence-electron chi connectivity index (χ2n) is 5.61. The Bertz CT molecular complexity index is 141. The van der Waals surface area contributed by atoms with E-state index in [1.807, 2.05) is 0 Å². The molecule has 0 aliphatic heterocycles. The molecule has 0 aromatic heterocycles. The summed E-state index contributed by atoms with van der Waals surface area (Å²) in [5, 5.41) is 0. The summed E-state index contributed by atoms with van der Waals surface area (Å²) >= 11 is 0. The van der Waals surface area contributed by atoms with Gasteiger partial charge in [0.15, 0.2) is 0 Å². The van der Waals surface area contributed by atoms with E-state index in [1.165, 1.54) is 12.8 Å². The summed E-state index contributed by atoms with van der Waals surface area (Å²) in [5.41, 5.74) is 0. The zero-order chi connectivity index (χ0) is 13.6. The molecule has 18 heavy (non-hydrogen) atoms. The smallest absolute Gasteiger partial charge is 0.0922 e. The van der Waals surface area contributed by atoms with Crippen molar-refractivity contribution in [1.29, 1.82) is 0 Å². The van der Waals surface area contributed by atoms with E-state index in [4.69, 9.17) is 0 Å². The molecule has 0 radical (unpaired) electrons. The number of hydrogen-bond acceptors (Lipinski definition) is 0. The van der Waals surface area contributed by atoms with Gasteiger partial charge >= 0.3 is 0 Å². The topological polar surface area (TPSA) is 0 Å². The van der Waals surface area contributed by atoms with Gasteiger partial charge in [-0.05, 0) is 37.5 Å². The molecular formula is C16H32F2. The van der Waals surface area contributed by atoms with Crippen LogP contribution >= 0.6 is 0 Å². The lowest BCUT2D eigenvalue weighted by atomic mass is 9.95. The van der Waals surface area contributed by atoms with Crippen LogP contribution in [0, 0.1) is 11.8 Å². The summed E-state index contributed by atoms with van der Waals surface area (Å²) in [6.45, 7) is 3.92. The second kappa shape index (κ2) is 13.3. The van der Waals surface area contributed by atoms with Gasteiger partial charge < -0.3 is 0 Å². The predicted molar refractivity (Wildman–Crippen MR) is 76.4 cm³/mol. The normalized spacial score (nSPS) is 14.7. The van der Waals surface area contributed by atoms with Crippen molar-refractivity contribution in [2.45, 2.75) is 78.1 Å². The molecule has 0 amide bonds. The van der Waals surface area contributed by atoms with E-state index in [1.54, 1.807) is 0 Å². The first-order chi connectivity index (χ1) is 8.78. The minimum atomic E-state index is -0.158. The molecule has 0 aliphatic carbocycles. The summed E-state index contributed by atoms with van der Waals surface area (Å²) in [7, 11) is 0. The number of alkyl halides is 2. The largest absolute Gasteiger partial charge is 0.251 e. The molecule has 0 aromatic carbocycles. The SMILES string of the molecule is CCCC(CF)CCCCCCC(CF)CCC. The highest BCUT2D eigenvalue weighted by Crippen LogP contribution is 2.19. The van der Waals surface area contributed by atoms with E-state index in [0.29, 0.717) is 0 Å². The maximum absolute atomic E-state index is 12.6. The van der Waals surface area contributed by atoms with Crippen molar-refractivity contribution in [3.63, 3.8) is 0 Å². The summed E-state index contributed by atoms with van der Waals surface area (Å²) < 4.78 is 25.2. The van der Waals surface area contributed by atoms with Crippen molar-refractivity contribution in [3.05, 3.63) is 0 Å². The Hall–Kier alpha value is -0.140. The third-order valence-electron chi connectivity index (χ3n) is 3.81. The van der Waals surface area contributed by atoms with Gasteiger partial charge in [-0.15, -0.1) is 0 Å². The standard InChI is InChI=1S/C16H32F2/c1-3-9-15(13-17)11-7-5-6-8-12-16(14-18)10-4-2/h15-16H,3-14H2,1-2H3. The van der Waals surface area contributed by atoms with Crippen molar-refractivity contribution in [2.24, 2.45) is 11.8 Å². The molecule has 0 N–H and O–H groups in total. The van der Waals surface area contributed by atoms with Gasteiger partial charge in [0.2, 0.25) is 0 Å². The first-order valence-corrected chi connectivity index (χ1v) is 7.90. The molecule has 0 saturated heterocycles. The first-order valence-electron chi connectivity index (χ1n) is 7.90. The highest BCUT2D eigenvalue weighted by Gasteiger charge is 2.08. The second-order valence-corrected chi connectivity index (χ2v) is 5.61. The molecule has 2 unspecified atom stereocenters. The quantitative estimate of drug-likeness (QED) is 0.352. The minimum Gasteiger partial charge on any atom is -0.251 e. The first kappa shape index (κ1) is 17.9.